The number of hydrogen-bond donors (Lipinski definition) is 1. The molecule has 22 heavy (non-hydrogen) atoms. The zero-order valence-corrected chi connectivity index (χ0v) is 13.1. The van der Waals surface area contributed by atoms with Crippen LogP contribution in [0.15, 0.2) is 24.3 Å². The van der Waals surface area contributed by atoms with Gasteiger partial charge in [0.05, 0.1) is 13.0 Å². The van der Waals surface area contributed by atoms with E-state index >= 15 is 0 Å². The van der Waals surface area contributed by atoms with Gasteiger partial charge in [-0.2, -0.15) is 0 Å². The molecule has 0 radical (unpaired) electrons. The second-order valence-corrected chi connectivity index (χ2v) is 4.75. The summed E-state index contributed by atoms with van der Waals surface area (Å²) in [6.45, 7) is 3.62. The first-order valence-corrected chi connectivity index (χ1v) is 7.31. The van der Waals surface area contributed by atoms with Crippen LogP contribution in [0.2, 0.25) is 0 Å². The summed E-state index contributed by atoms with van der Waals surface area (Å²) in [7, 11) is 1.63. The van der Waals surface area contributed by atoms with Crippen molar-refractivity contribution in [3.05, 3.63) is 29.8 Å². The van der Waals surface area contributed by atoms with E-state index < -0.39 is 5.97 Å². The van der Waals surface area contributed by atoms with Crippen molar-refractivity contribution in [1.29, 1.82) is 0 Å². The van der Waals surface area contributed by atoms with Gasteiger partial charge in [0, 0.05) is 38.8 Å². The van der Waals surface area contributed by atoms with Crippen LogP contribution in [0.1, 0.15) is 30.1 Å². The molecule has 0 aliphatic heterocycles. The van der Waals surface area contributed by atoms with E-state index in [0.717, 1.165) is 6.42 Å². The van der Waals surface area contributed by atoms with E-state index in [1.807, 2.05) is 6.92 Å². The smallest absolute Gasteiger partial charge is 0.305 e. The third-order valence-electron chi connectivity index (χ3n) is 3.11. The first-order chi connectivity index (χ1) is 10.6. The molecule has 6 nitrogen and oxygen atoms in total. The number of ether oxygens (including phenoxy) is 2. The summed E-state index contributed by atoms with van der Waals surface area (Å²) in [6, 6.07) is 6.92. The number of carboxylic acids is 1. The summed E-state index contributed by atoms with van der Waals surface area (Å²) >= 11 is 0. The maximum atomic E-state index is 12.4. The van der Waals surface area contributed by atoms with E-state index in [9.17, 15) is 9.59 Å². The van der Waals surface area contributed by atoms with E-state index in [-0.39, 0.29) is 18.9 Å². The van der Waals surface area contributed by atoms with Crippen LogP contribution in [0.5, 0.6) is 5.75 Å². The second-order valence-electron chi connectivity index (χ2n) is 4.75. The summed E-state index contributed by atoms with van der Waals surface area (Å²) in [5.41, 5.74) is 0.497. The summed E-state index contributed by atoms with van der Waals surface area (Å²) < 4.78 is 10.5. The number of carbonyl (C=O) groups excluding carboxylic acids is 1. The maximum Gasteiger partial charge on any atom is 0.305 e. The highest BCUT2D eigenvalue weighted by molar-refractivity contribution is 5.94. The third-order valence-corrected chi connectivity index (χ3v) is 3.11. The molecule has 0 aliphatic carbocycles. The van der Waals surface area contributed by atoms with Crippen molar-refractivity contribution in [1.82, 2.24) is 4.90 Å². The van der Waals surface area contributed by atoms with Crippen LogP contribution in [0.4, 0.5) is 0 Å². The Bertz CT molecular complexity index is 489. The number of methoxy groups -OCH3 is 1. The molecule has 1 aromatic carbocycles. The van der Waals surface area contributed by atoms with Gasteiger partial charge in [0.1, 0.15) is 5.75 Å². The van der Waals surface area contributed by atoms with E-state index in [2.05, 4.69) is 0 Å². The molecule has 0 saturated heterocycles. The normalized spacial score (nSPS) is 10.3. The van der Waals surface area contributed by atoms with Crippen LogP contribution in [-0.4, -0.2) is 55.3 Å². The molecule has 0 bridgehead atoms. The highest BCUT2D eigenvalue weighted by Crippen LogP contribution is 2.15. The van der Waals surface area contributed by atoms with Gasteiger partial charge in [-0.15, -0.1) is 0 Å². The Labute approximate surface area is 130 Å². The Balaban J connectivity index is 2.65. The van der Waals surface area contributed by atoms with Gasteiger partial charge in [-0.3, -0.25) is 9.59 Å². The first-order valence-electron chi connectivity index (χ1n) is 7.31. The maximum absolute atomic E-state index is 12.4. The van der Waals surface area contributed by atoms with Crippen LogP contribution >= 0.6 is 0 Å². The number of nitrogens with zero attached hydrogens (tertiary/aromatic N) is 1. The van der Waals surface area contributed by atoms with Crippen LogP contribution in [-0.2, 0) is 9.53 Å². The van der Waals surface area contributed by atoms with Gasteiger partial charge in [-0.25, -0.2) is 0 Å². The van der Waals surface area contributed by atoms with Gasteiger partial charge in [0.25, 0.3) is 5.91 Å². The number of carboxylic acid groups (broad SMARTS) is 1. The highest BCUT2D eigenvalue weighted by Gasteiger charge is 2.15. The van der Waals surface area contributed by atoms with Gasteiger partial charge in [0.2, 0.25) is 0 Å². The lowest BCUT2D eigenvalue weighted by atomic mass is 10.2. The Kier molecular flexibility index (Phi) is 7.99. The second kappa shape index (κ2) is 9.78. The fraction of sp³-hybridized carbons (Fsp3) is 0.500. The molecule has 6 heteroatoms. The van der Waals surface area contributed by atoms with Crippen LogP contribution in [0, 0.1) is 0 Å². The van der Waals surface area contributed by atoms with Crippen molar-refractivity contribution in [3.63, 3.8) is 0 Å². The monoisotopic (exact) mass is 309 g/mol. The first kappa shape index (κ1) is 18.0. The minimum Gasteiger partial charge on any atom is -0.493 e. The van der Waals surface area contributed by atoms with E-state index in [0.29, 0.717) is 31.1 Å². The summed E-state index contributed by atoms with van der Waals surface area (Å²) in [4.78, 5) is 24.5. The summed E-state index contributed by atoms with van der Waals surface area (Å²) in [5.74, 6) is -0.483. The molecule has 0 fully saturated rings. The van der Waals surface area contributed by atoms with Crippen molar-refractivity contribution in [2.45, 2.75) is 19.8 Å². The molecule has 0 atom stereocenters. The molecule has 1 amide bonds. The van der Waals surface area contributed by atoms with Crippen molar-refractivity contribution < 1.29 is 24.2 Å². The van der Waals surface area contributed by atoms with E-state index in [4.69, 9.17) is 14.6 Å². The minimum absolute atomic E-state index is 0.0627. The van der Waals surface area contributed by atoms with Crippen LogP contribution < -0.4 is 4.74 Å². The number of aliphatic carboxylic acids is 1. The SMILES string of the molecule is CCN(CCC(=O)O)C(=O)c1cccc(OCCCOC)c1. The van der Waals surface area contributed by atoms with Gasteiger partial charge >= 0.3 is 5.97 Å². The number of hydrogen-bond acceptors (Lipinski definition) is 4. The zero-order chi connectivity index (χ0) is 16.4. The number of carbonyl (C=O) groups is 2. The molecule has 1 rings (SSSR count). The van der Waals surface area contributed by atoms with Crippen LogP contribution in [0.25, 0.3) is 0 Å². The Morgan fingerprint density at radius 1 is 1.27 bits per heavy atom. The molecule has 0 unspecified atom stereocenters. The van der Waals surface area contributed by atoms with E-state index in [1.54, 1.807) is 31.4 Å². The average Bonchev–Trinajstić information content (AvgIpc) is 2.52. The molecular weight excluding hydrogens is 286 g/mol. The Morgan fingerprint density at radius 2 is 2.05 bits per heavy atom. The molecule has 0 spiro atoms. The van der Waals surface area contributed by atoms with Crippen molar-refractivity contribution in [2.75, 3.05) is 33.4 Å². The van der Waals surface area contributed by atoms with Gasteiger partial charge in [0.15, 0.2) is 0 Å². The largest absolute Gasteiger partial charge is 0.493 e. The number of rotatable bonds is 10. The Morgan fingerprint density at radius 3 is 2.68 bits per heavy atom. The lowest BCUT2D eigenvalue weighted by molar-refractivity contribution is -0.137. The van der Waals surface area contributed by atoms with E-state index in [1.165, 1.54) is 4.90 Å². The summed E-state index contributed by atoms with van der Waals surface area (Å²) in [6.07, 6.45) is 0.709. The lowest BCUT2D eigenvalue weighted by Crippen LogP contribution is -2.32. The predicted molar refractivity (Wildman–Crippen MR) is 82.3 cm³/mol. The molecule has 0 saturated carbocycles. The molecule has 0 heterocycles. The van der Waals surface area contributed by atoms with Crippen molar-refractivity contribution in [2.24, 2.45) is 0 Å². The predicted octanol–water partition coefficient (Wildman–Crippen LogP) is 2.04. The minimum atomic E-state index is -0.915. The quantitative estimate of drug-likeness (QED) is 0.669. The summed E-state index contributed by atoms with van der Waals surface area (Å²) in [5, 5.41) is 8.73. The van der Waals surface area contributed by atoms with Gasteiger partial charge in [-0.1, -0.05) is 6.07 Å². The topological polar surface area (TPSA) is 76.1 Å². The molecule has 122 valence electrons. The fourth-order valence-electron chi connectivity index (χ4n) is 1.93. The molecular formula is C16H23NO5. The Hall–Kier alpha value is -2.08. The number of amides is 1. The van der Waals surface area contributed by atoms with Gasteiger partial charge < -0.3 is 19.5 Å². The van der Waals surface area contributed by atoms with Crippen molar-refractivity contribution in [3.8, 4) is 5.75 Å². The molecule has 0 aliphatic rings. The zero-order valence-electron chi connectivity index (χ0n) is 13.1. The molecule has 1 N–H and O–H groups in total. The fourth-order valence-corrected chi connectivity index (χ4v) is 1.93. The molecule has 0 aromatic heterocycles. The van der Waals surface area contributed by atoms with Crippen molar-refractivity contribution >= 4 is 11.9 Å². The van der Waals surface area contributed by atoms with Gasteiger partial charge in [-0.05, 0) is 25.1 Å². The highest BCUT2D eigenvalue weighted by atomic mass is 16.5. The molecule has 1 aromatic rings. The standard InChI is InChI=1S/C16H23NO5/c1-3-17(9-8-15(18)19)16(20)13-6-4-7-14(12-13)22-11-5-10-21-2/h4,6-7,12H,3,5,8-11H2,1-2H3,(H,18,19). The van der Waals surface area contributed by atoms with Crippen LogP contribution in [0.3, 0.4) is 0 Å². The average molecular weight is 309 g/mol. The number of benzene rings is 1. The third kappa shape index (κ3) is 6.13. The lowest BCUT2D eigenvalue weighted by Gasteiger charge is -2.20.